The molecule has 0 aromatic rings. The topological polar surface area (TPSA) is 95.9 Å². The number of amides is 2. The Kier molecular flexibility index (Phi) is 6.20. The number of piperidine rings is 1. The molecule has 0 aliphatic carbocycles. The number of nitrogens with one attached hydrogen (secondary N) is 1. The summed E-state index contributed by atoms with van der Waals surface area (Å²) in [6.45, 7) is 7.84. The summed E-state index contributed by atoms with van der Waals surface area (Å²) in [5, 5.41) is 11.5. The van der Waals surface area contributed by atoms with Crippen LogP contribution in [0.15, 0.2) is 0 Å². The molecule has 7 heteroatoms. The van der Waals surface area contributed by atoms with Gasteiger partial charge < -0.3 is 20.1 Å². The number of likely N-dealkylation sites (tertiary alicyclic amines) is 1. The number of carbonyl (C=O) groups excluding carboxylic acids is 2. The van der Waals surface area contributed by atoms with Crippen molar-refractivity contribution in [3.8, 4) is 0 Å². The smallest absolute Gasteiger partial charge is 0.407 e. The maximum absolute atomic E-state index is 12.1. The van der Waals surface area contributed by atoms with Gasteiger partial charge in [0.05, 0.1) is 12.5 Å². The second-order valence-corrected chi connectivity index (χ2v) is 6.77. The molecule has 1 heterocycles. The third-order valence-electron chi connectivity index (χ3n) is 3.38. The van der Waals surface area contributed by atoms with Crippen LogP contribution in [0.4, 0.5) is 4.79 Å². The minimum absolute atomic E-state index is 0.00706. The summed E-state index contributed by atoms with van der Waals surface area (Å²) < 4.78 is 5.14. The fraction of sp³-hybridized carbons (Fsp3) is 0.800. The Labute approximate surface area is 131 Å². The fourth-order valence-corrected chi connectivity index (χ4v) is 2.43. The van der Waals surface area contributed by atoms with Crippen molar-refractivity contribution in [3.63, 3.8) is 0 Å². The standard InChI is InChI=1S/C15H26N2O5/c1-10-6-5-7-17(13(10)20)9-11(8-12(18)19)16-14(21)22-15(2,3)4/h10-11H,5-9H2,1-4H3,(H,16,21)(H,18,19)/t10?,11-/m0/s1. The summed E-state index contributed by atoms with van der Waals surface area (Å²) >= 11 is 0. The van der Waals surface area contributed by atoms with E-state index in [9.17, 15) is 14.4 Å². The largest absolute Gasteiger partial charge is 0.481 e. The molecule has 1 saturated heterocycles. The lowest BCUT2D eigenvalue weighted by molar-refractivity contribution is -0.141. The van der Waals surface area contributed by atoms with Gasteiger partial charge in [0.25, 0.3) is 0 Å². The van der Waals surface area contributed by atoms with E-state index in [0.29, 0.717) is 6.54 Å². The number of carbonyl (C=O) groups is 3. The third kappa shape index (κ3) is 6.32. The lowest BCUT2D eigenvalue weighted by atomic mass is 9.98. The van der Waals surface area contributed by atoms with E-state index < -0.39 is 23.7 Å². The molecule has 0 bridgehead atoms. The zero-order valence-electron chi connectivity index (χ0n) is 13.7. The molecule has 0 saturated carbocycles. The molecule has 1 unspecified atom stereocenters. The first-order valence-electron chi connectivity index (χ1n) is 7.58. The van der Waals surface area contributed by atoms with Crippen molar-refractivity contribution in [2.75, 3.05) is 13.1 Å². The molecule has 2 amide bonds. The highest BCUT2D eigenvalue weighted by Crippen LogP contribution is 2.18. The van der Waals surface area contributed by atoms with Crippen LogP contribution < -0.4 is 5.32 Å². The lowest BCUT2D eigenvalue weighted by Crippen LogP contribution is -2.50. The van der Waals surface area contributed by atoms with Gasteiger partial charge in [-0.25, -0.2) is 4.79 Å². The van der Waals surface area contributed by atoms with Gasteiger partial charge in [0.2, 0.25) is 5.91 Å². The summed E-state index contributed by atoms with van der Waals surface area (Å²) in [7, 11) is 0. The predicted octanol–water partition coefficient (Wildman–Crippen LogP) is 1.61. The molecule has 22 heavy (non-hydrogen) atoms. The maximum Gasteiger partial charge on any atom is 0.407 e. The van der Waals surface area contributed by atoms with Crippen molar-refractivity contribution in [1.29, 1.82) is 0 Å². The normalized spacial score (nSPS) is 20.5. The number of ether oxygens (including phenoxy) is 1. The molecule has 2 atom stereocenters. The molecule has 0 spiro atoms. The molecular weight excluding hydrogens is 288 g/mol. The summed E-state index contributed by atoms with van der Waals surface area (Å²) in [4.78, 5) is 36.5. The zero-order valence-corrected chi connectivity index (χ0v) is 13.7. The van der Waals surface area contributed by atoms with E-state index in [1.54, 1.807) is 25.7 Å². The minimum Gasteiger partial charge on any atom is -0.481 e. The summed E-state index contributed by atoms with van der Waals surface area (Å²) in [6.07, 6.45) is 0.811. The van der Waals surface area contributed by atoms with Crippen molar-refractivity contribution in [3.05, 3.63) is 0 Å². The van der Waals surface area contributed by atoms with E-state index in [1.165, 1.54) is 0 Å². The molecule has 1 rings (SSSR count). The number of alkyl carbamates (subject to hydrolysis) is 1. The molecule has 0 radical (unpaired) electrons. The summed E-state index contributed by atoms with van der Waals surface area (Å²) in [5.41, 5.74) is -0.659. The van der Waals surface area contributed by atoms with Gasteiger partial charge in [-0.2, -0.15) is 0 Å². The van der Waals surface area contributed by atoms with Crippen LogP contribution in [-0.2, 0) is 14.3 Å². The average molecular weight is 314 g/mol. The lowest BCUT2D eigenvalue weighted by Gasteiger charge is -2.33. The average Bonchev–Trinajstić information content (AvgIpc) is 2.31. The van der Waals surface area contributed by atoms with Gasteiger partial charge in [0, 0.05) is 19.0 Å². The van der Waals surface area contributed by atoms with Gasteiger partial charge in [0.15, 0.2) is 0 Å². The van der Waals surface area contributed by atoms with Crippen LogP contribution in [0.2, 0.25) is 0 Å². The van der Waals surface area contributed by atoms with Gasteiger partial charge in [-0.05, 0) is 33.6 Å². The van der Waals surface area contributed by atoms with Crippen molar-refractivity contribution in [1.82, 2.24) is 10.2 Å². The van der Waals surface area contributed by atoms with Crippen molar-refractivity contribution < 1.29 is 24.2 Å². The van der Waals surface area contributed by atoms with Crippen LogP contribution in [-0.4, -0.2) is 52.7 Å². The number of hydrogen-bond donors (Lipinski definition) is 2. The Bertz CT molecular complexity index is 430. The first-order chi connectivity index (χ1) is 10.1. The highest BCUT2D eigenvalue weighted by atomic mass is 16.6. The van der Waals surface area contributed by atoms with E-state index in [2.05, 4.69) is 5.32 Å². The molecule has 0 aromatic heterocycles. The van der Waals surface area contributed by atoms with Crippen LogP contribution in [0.25, 0.3) is 0 Å². The first-order valence-corrected chi connectivity index (χ1v) is 7.58. The number of aliphatic carboxylic acids is 1. The summed E-state index contributed by atoms with van der Waals surface area (Å²) in [6, 6.07) is -0.665. The van der Waals surface area contributed by atoms with E-state index in [4.69, 9.17) is 9.84 Å². The van der Waals surface area contributed by atoms with E-state index in [0.717, 1.165) is 12.8 Å². The highest BCUT2D eigenvalue weighted by Gasteiger charge is 2.29. The number of hydrogen-bond acceptors (Lipinski definition) is 4. The third-order valence-corrected chi connectivity index (χ3v) is 3.38. The molecule has 1 aliphatic heterocycles. The second-order valence-electron chi connectivity index (χ2n) is 6.77. The Morgan fingerprint density at radius 3 is 2.64 bits per heavy atom. The van der Waals surface area contributed by atoms with Crippen molar-refractivity contribution >= 4 is 18.0 Å². The van der Waals surface area contributed by atoms with Crippen LogP contribution in [0.5, 0.6) is 0 Å². The van der Waals surface area contributed by atoms with Crippen molar-refractivity contribution in [2.45, 2.75) is 58.6 Å². The quantitative estimate of drug-likeness (QED) is 0.804. The first kappa shape index (κ1) is 18.3. The van der Waals surface area contributed by atoms with Gasteiger partial charge in [-0.1, -0.05) is 6.92 Å². The van der Waals surface area contributed by atoms with Gasteiger partial charge in [0.1, 0.15) is 5.60 Å². The van der Waals surface area contributed by atoms with E-state index in [1.807, 2.05) is 6.92 Å². The number of nitrogens with zero attached hydrogens (tertiary/aromatic N) is 1. The Hall–Kier alpha value is -1.79. The molecule has 1 aliphatic rings. The number of rotatable bonds is 5. The highest BCUT2D eigenvalue weighted by molar-refractivity contribution is 5.79. The van der Waals surface area contributed by atoms with Gasteiger partial charge in [-0.15, -0.1) is 0 Å². The van der Waals surface area contributed by atoms with Crippen LogP contribution in [0.3, 0.4) is 0 Å². The number of carboxylic acid groups (broad SMARTS) is 1. The Morgan fingerprint density at radius 1 is 1.45 bits per heavy atom. The molecule has 0 aromatic carbocycles. The van der Waals surface area contributed by atoms with Crippen molar-refractivity contribution in [2.24, 2.45) is 5.92 Å². The molecule has 2 N–H and O–H groups in total. The van der Waals surface area contributed by atoms with E-state index >= 15 is 0 Å². The van der Waals surface area contributed by atoms with E-state index in [-0.39, 0.29) is 24.8 Å². The molecular formula is C15H26N2O5. The number of carboxylic acids is 1. The monoisotopic (exact) mass is 314 g/mol. The SMILES string of the molecule is CC1CCCN(C[C@H](CC(=O)O)NC(=O)OC(C)(C)C)C1=O. The zero-order chi connectivity index (χ0) is 16.9. The summed E-state index contributed by atoms with van der Waals surface area (Å²) in [5.74, 6) is -1.08. The predicted molar refractivity (Wildman–Crippen MR) is 80.4 cm³/mol. The van der Waals surface area contributed by atoms with Crippen LogP contribution >= 0.6 is 0 Å². The minimum atomic E-state index is -1.03. The maximum atomic E-state index is 12.1. The van der Waals surface area contributed by atoms with Crippen LogP contribution in [0, 0.1) is 5.92 Å². The molecule has 7 nitrogen and oxygen atoms in total. The second kappa shape index (κ2) is 7.47. The van der Waals surface area contributed by atoms with Gasteiger partial charge >= 0.3 is 12.1 Å². The van der Waals surface area contributed by atoms with Gasteiger partial charge in [-0.3, -0.25) is 9.59 Å². The Morgan fingerprint density at radius 2 is 2.09 bits per heavy atom. The molecule has 1 fully saturated rings. The Balaban J connectivity index is 2.66. The van der Waals surface area contributed by atoms with Crippen LogP contribution in [0.1, 0.15) is 47.0 Å². The fourth-order valence-electron chi connectivity index (χ4n) is 2.43. The molecule has 126 valence electrons.